The second-order valence-corrected chi connectivity index (χ2v) is 9.06. The van der Waals surface area contributed by atoms with E-state index in [0.717, 1.165) is 76.5 Å². The number of aldehydes is 1. The van der Waals surface area contributed by atoms with Crippen molar-refractivity contribution in [3.63, 3.8) is 0 Å². The summed E-state index contributed by atoms with van der Waals surface area (Å²) in [4.78, 5) is 20.1. The molecule has 176 valence electrons. The van der Waals surface area contributed by atoms with Gasteiger partial charge >= 0.3 is 0 Å². The number of fused-ring (bicyclic) bond motifs is 1. The van der Waals surface area contributed by atoms with Crippen LogP contribution in [0.3, 0.4) is 0 Å². The van der Waals surface area contributed by atoms with Crippen LogP contribution in [0.15, 0.2) is 34.8 Å². The fraction of sp³-hybridized carbons (Fsp3) is 0.423. The molecule has 1 atom stereocenters. The Labute approximate surface area is 204 Å². The number of nitrogens with one attached hydrogen (secondary N) is 1. The molecule has 1 aromatic heterocycles. The van der Waals surface area contributed by atoms with Crippen LogP contribution in [0.2, 0.25) is 0 Å². The molecule has 1 N–H and O–H groups in total. The summed E-state index contributed by atoms with van der Waals surface area (Å²) in [5.74, 6) is 2.87. The van der Waals surface area contributed by atoms with Crippen LogP contribution in [0.25, 0.3) is 10.9 Å². The fourth-order valence-corrected chi connectivity index (χ4v) is 4.48. The van der Waals surface area contributed by atoms with Gasteiger partial charge in [0, 0.05) is 21.8 Å². The highest BCUT2D eigenvalue weighted by atomic mass is 79.9. The van der Waals surface area contributed by atoms with Gasteiger partial charge in [0.25, 0.3) is 0 Å². The van der Waals surface area contributed by atoms with E-state index in [4.69, 9.17) is 19.4 Å². The summed E-state index contributed by atoms with van der Waals surface area (Å²) in [6, 6.07) is 10.3. The minimum atomic E-state index is 0.0503. The van der Waals surface area contributed by atoms with E-state index >= 15 is 0 Å². The zero-order valence-corrected chi connectivity index (χ0v) is 21.4. The number of carbonyl (C=O) groups excluding carboxylic acids is 1. The van der Waals surface area contributed by atoms with Crippen LogP contribution in [-0.2, 0) is 11.2 Å². The average Bonchev–Trinajstić information content (AvgIpc) is 2.80. The highest BCUT2D eigenvalue weighted by Crippen LogP contribution is 2.40. The maximum absolute atomic E-state index is 10.6. The molecule has 0 aliphatic heterocycles. The first kappa shape index (κ1) is 25.0. The molecule has 0 bridgehead atoms. The van der Waals surface area contributed by atoms with Crippen molar-refractivity contribution in [2.24, 2.45) is 0 Å². The number of anilines is 1. The fourth-order valence-electron chi connectivity index (χ4n) is 4.07. The Balaban J connectivity index is 1.99. The lowest BCUT2D eigenvalue weighted by molar-refractivity contribution is -0.107. The molecule has 0 unspecified atom stereocenters. The minimum Gasteiger partial charge on any atom is -0.493 e. The molecular formula is C26H32BrN3O3. The standard InChI is InChI=1S/C26H32BrN3O3/c1-17(19-11-10-12-20(27)15-19)28-26-22-16-23(32-3)25(33-4)21(24(22)29-18(2)30-26)13-8-6-5-7-9-14-31/h10-12,14-17H,5-9,13H2,1-4H3,(H,28,29,30)/t17-/m1/s1. The van der Waals surface area contributed by atoms with Crippen LogP contribution in [0.1, 0.15) is 62.0 Å². The molecule has 0 saturated heterocycles. The van der Waals surface area contributed by atoms with E-state index in [9.17, 15) is 4.79 Å². The number of halogens is 1. The van der Waals surface area contributed by atoms with Crippen molar-refractivity contribution in [1.82, 2.24) is 9.97 Å². The van der Waals surface area contributed by atoms with E-state index in [0.29, 0.717) is 18.0 Å². The molecule has 0 spiro atoms. The monoisotopic (exact) mass is 513 g/mol. The molecule has 0 aliphatic carbocycles. The molecule has 1 heterocycles. The van der Waals surface area contributed by atoms with Crippen LogP contribution >= 0.6 is 15.9 Å². The van der Waals surface area contributed by atoms with Gasteiger partial charge in [-0.05, 0) is 56.9 Å². The van der Waals surface area contributed by atoms with Crippen molar-refractivity contribution < 1.29 is 14.3 Å². The highest BCUT2D eigenvalue weighted by Gasteiger charge is 2.20. The number of hydrogen-bond acceptors (Lipinski definition) is 6. The number of aryl methyl sites for hydroxylation is 2. The topological polar surface area (TPSA) is 73.3 Å². The molecule has 2 aromatic carbocycles. The van der Waals surface area contributed by atoms with Crippen LogP contribution < -0.4 is 14.8 Å². The van der Waals surface area contributed by atoms with Crippen LogP contribution in [0.4, 0.5) is 5.82 Å². The molecule has 3 rings (SSSR count). The van der Waals surface area contributed by atoms with Crippen molar-refractivity contribution in [2.75, 3.05) is 19.5 Å². The number of aromatic nitrogens is 2. The SMILES string of the molecule is COc1cc2c(N[C@H](C)c3cccc(Br)c3)nc(C)nc2c(CCCCCCC=O)c1OC. The van der Waals surface area contributed by atoms with E-state index in [1.807, 2.05) is 25.1 Å². The summed E-state index contributed by atoms with van der Waals surface area (Å²) in [5.41, 5.74) is 3.08. The molecule has 6 nitrogen and oxygen atoms in total. The van der Waals surface area contributed by atoms with Crippen LogP contribution in [0.5, 0.6) is 11.5 Å². The lowest BCUT2D eigenvalue weighted by atomic mass is 10.0. The van der Waals surface area contributed by atoms with Gasteiger partial charge in [-0.2, -0.15) is 0 Å². The minimum absolute atomic E-state index is 0.0503. The lowest BCUT2D eigenvalue weighted by Gasteiger charge is -2.20. The van der Waals surface area contributed by atoms with Crippen LogP contribution in [0, 0.1) is 6.92 Å². The molecule has 33 heavy (non-hydrogen) atoms. The van der Waals surface area contributed by atoms with E-state index in [2.05, 4.69) is 40.3 Å². The molecule has 0 amide bonds. The summed E-state index contributed by atoms with van der Waals surface area (Å²) < 4.78 is 12.5. The Morgan fingerprint density at radius 2 is 1.88 bits per heavy atom. The van der Waals surface area contributed by atoms with Crippen LogP contribution in [-0.4, -0.2) is 30.5 Å². The predicted octanol–water partition coefficient (Wildman–Crippen LogP) is 6.58. The second-order valence-electron chi connectivity index (χ2n) is 8.15. The Hall–Kier alpha value is -2.67. The summed E-state index contributed by atoms with van der Waals surface area (Å²) in [6.45, 7) is 4.03. The summed E-state index contributed by atoms with van der Waals surface area (Å²) >= 11 is 3.55. The molecule has 3 aromatic rings. The number of nitrogens with zero attached hydrogens (tertiary/aromatic N) is 2. The number of unbranched alkanes of at least 4 members (excludes halogenated alkanes) is 4. The van der Waals surface area contributed by atoms with E-state index in [1.165, 1.54) is 0 Å². The summed E-state index contributed by atoms with van der Waals surface area (Å²) in [6.07, 6.45) is 6.43. The maximum Gasteiger partial charge on any atom is 0.166 e. The second kappa shape index (κ2) is 12.0. The van der Waals surface area contributed by atoms with Gasteiger partial charge in [-0.15, -0.1) is 0 Å². The number of methoxy groups -OCH3 is 2. The normalized spacial score (nSPS) is 11.9. The molecule has 0 saturated carbocycles. The quantitative estimate of drug-likeness (QED) is 0.217. The first-order valence-corrected chi connectivity index (χ1v) is 12.2. The molecular weight excluding hydrogens is 482 g/mol. The van der Waals surface area contributed by atoms with Gasteiger partial charge in [-0.3, -0.25) is 0 Å². The smallest absolute Gasteiger partial charge is 0.166 e. The van der Waals surface area contributed by atoms with Crippen molar-refractivity contribution >= 4 is 38.9 Å². The Morgan fingerprint density at radius 3 is 2.58 bits per heavy atom. The van der Waals surface area contributed by atoms with Gasteiger partial charge < -0.3 is 19.6 Å². The highest BCUT2D eigenvalue weighted by molar-refractivity contribution is 9.10. The van der Waals surface area contributed by atoms with Gasteiger partial charge in [-0.25, -0.2) is 9.97 Å². The zero-order valence-electron chi connectivity index (χ0n) is 19.8. The van der Waals surface area contributed by atoms with Gasteiger partial charge in [0.2, 0.25) is 0 Å². The number of rotatable bonds is 12. The third-order valence-corrected chi connectivity index (χ3v) is 6.23. The zero-order chi connectivity index (χ0) is 23.8. The van der Waals surface area contributed by atoms with Crippen molar-refractivity contribution in [3.05, 3.63) is 51.8 Å². The maximum atomic E-state index is 10.6. The summed E-state index contributed by atoms with van der Waals surface area (Å²) in [5, 5.41) is 4.49. The van der Waals surface area contributed by atoms with Gasteiger partial charge in [0.15, 0.2) is 11.5 Å². The van der Waals surface area contributed by atoms with Gasteiger partial charge in [0.05, 0.1) is 25.8 Å². The van der Waals surface area contributed by atoms with Crippen molar-refractivity contribution in [2.45, 2.75) is 58.4 Å². The molecule has 0 radical (unpaired) electrons. The van der Waals surface area contributed by atoms with E-state index < -0.39 is 0 Å². The molecule has 0 fully saturated rings. The number of hydrogen-bond donors (Lipinski definition) is 1. The van der Waals surface area contributed by atoms with E-state index in [-0.39, 0.29) is 6.04 Å². The largest absolute Gasteiger partial charge is 0.493 e. The van der Waals surface area contributed by atoms with Crippen molar-refractivity contribution in [1.29, 1.82) is 0 Å². The molecule has 0 aliphatic rings. The third kappa shape index (κ3) is 6.22. The average molecular weight is 514 g/mol. The van der Waals surface area contributed by atoms with E-state index in [1.54, 1.807) is 14.2 Å². The van der Waals surface area contributed by atoms with Crippen molar-refractivity contribution in [3.8, 4) is 11.5 Å². The summed E-state index contributed by atoms with van der Waals surface area (Å²) in [7, 11) is 3.32. The number of carbonyl (C=O) groups is 1. The van der Waals surface area contributed by atoms with Gasteiger partial charge in [0.1, 0.15) is 17.9 Å². The first-order valence-electron chi connectivity index (χ1n) is 11.4. The third-order valence-electron chi connectivity index (χ3n) is 5.74. The number of ether oxygens (including phenoxy) is 2. The molecule has 7 heteroatoms. The first-order chi connectivity index (χ1) is 16.0. The Morgan fingerprint density at radius 1 is 1.09 bits per heavy atom. The Bertz CT molecular complexity index is 1100. The van der Waals surface area contributed by atoms with Gasteiger partial charge in [-0.1, -0.05) is 40.9 Å². The Kier molecular flexibility index (Phi) is 9.06. The number of benzene rings is 2. The lowest BCUT2D eigenvalue weighted by Crippen LogP contribution is -2.10. The predicted molar refractivity (Wildman–Crippen MR) is 136 cm³/mol.